The molecule has 0 amide bonds. The molecule has 3 heteroatoms. The van der Waals surface area contributed by atoms with E-state index < -0.39 is 0 Å². The Kier molecular flexibility index (Phi) is 4.60. The zero-order valence-corrected chi connectivity index (χ0v) is 14.6. The fraction of sp³-hybridized carbons (Fsp3) is 0.455. The van der Waals surface area contributed by atoms with Crippen LogP contribution in [-0.4, -0.2) is 6.04 Å². The lowest BCUT2D eigenvalue weighted by Gasteiger charge is -2.32. The minimum Gasteiger partial charge on any atom is -0.303 e. The van der Waals surface area contributed by atoms with Gasteiger partial charge in [-0.15, -0.1) is 0 Å². The van der Waals surface area contributed by atoms with Crippen LogP contribution in [-0.2, 0) is 0 Å². The van der Waals surface area contributed by atoms with Gasteiger partial charge in [-0.05, 0) is 79.3 Å². The van der Waals surface area contributed by atoms with Crippen molar-refractivity contribution in [2.24, 2.45) is 17.8 Å². The number of rotatable bonds is 5. The lowest BCUT2D eigenvalue weighted by molar-refractivity contribution is 0.252. The molecule has 2 aliphatic carbocycles. The maximum Gasteiger partial charge on any atom is 0.123 e. The van der Waals surface area contributed by atoms with Gasteiger partial charge in [0.15, 0.2) is 0 Å². The zero-order valence-electron chi connectivity index (χ0n) is 14.6. The van der Waals surface area contributed by atoms with Gasteiger partial charge in [0, 0.05) is 6.04 Å². The van der Waals surface area contributed by atoms with E-state index in [0.29, 0.717) is 12.0 Å². The van der Waals surface area contributed by atoms with Gasteiger partial charge in [-0.25, -0.2) is 8.78 Å². The largest absolute Gasteiger partial charge is 0.303 e. The van der Waals surface area contributed by atoms with Crippen molar-refractivity contribution >= 4 is 0 Å². The maximum absolute atomic E-state index is 13.3. The Balaban J connectivity index is 1.58. The second-order valence-corrected chi connectivity index (χ2v) is 7.83. The first-order valence-electron chi connectivity index (χ1n) is 9.37. The van der Waals surface area contributed by atoms with E-state index in [1.807, 2.05) is 24.3 Å². The first-order valence-corrected chi connectivity index (χ1v) is 9.37. The molecule has 1 N–H and O–H groups in total. The first kappa shape index (κ1) is 16.7. The Morgan fingerprint density at radius 3 is 1.84 bits per heavy atom. The lowest BCUT2D eigenvalue weighted by Crippen LogP contribution is -2.39. The van der Waals surface area contributed by atoms with Gasteiger partial charge in [0.05, 0.1) is 6.04 Å². The van der Waals surface area contributed by atoms with Crippen LogP contribution < -0.4 is 5.32 Å². The third-order valence-corrected chi connectivity index (χ3v) is 6.27. The quantitative estimate of drug-likeness (QED) is 0.760. The highest BCUT2D eigenvalue weighted by molar-refractivity contribution is 5.32. The van der Waals surface area contributed by atoms with E-state index in [4.69, 9.17) is 0 Å². The van der Waals surface area contributed by atoms with Crippen molar-refractivity contribution in [3.8, 4) is 0 Å². The van der Waals surface area contributed by atoms with E-state index in [9.17, 15) is 8.78 Å². The van der Waals surface area contributed by atoms with E-state index in [-0.39, 0.29) is 17.7 Å². The highest BCUT2D eigenvalue weighted by atomic mass is 19.1. The van der Waals surface area contributed by atoms with Crippen LogP contribution in [0.25, 0.3) is 0 Å². The van der Waals surface area contributed by atoms with E-state index in [0.717, 1.165) is 23.0 Å². The smallest absolute Gasteiger partial charge is 0.123 e. The molecule has 25 heavy (non-hydrogen) atoms. The third-order valence-electron chi connectivity index (χ3n) is 6.27. The topological polar surface area (TPSA) is 12.0 Å². The molecule has 4 atom stereocenters. The molecule has 0 saturated heterocycles. The van der Waals surface area contributed by atoms with Gasteiger partial charge in [0.1, 0.15) is 11.6 Å². The summed E-state index contributed by atoms with van der Waals surface area (Å²) in [4.78, 5) is 0. The average Bonchev–Trinajstić information content (AvgIpc) is 3.25. The van der Waals surface area contributed by atoms with Gasteiger partial charge in [-0.2, -0.15) is 0 Å². The summed E-state index contributed by atoms with van der Waals surface area (Å²) < 4.78 is 26.7. The Bertz CT molecular complexity index is 664. The fourth-order valence-corrected chi connectivity index (χ4v) is 4.99. The van der Waals surface area contributed by atoms with Crippen molar-refractivity contribution in [2.45, 2.75) is 44.7 Å². The Morgan fingerprint density at radius 2 is 1.40 bits per heavy atom. The minimum absolute atomic E-state index is 0.0460. The molecule has 4 rings (SSSR count). The summed E-state index contributed by atoms with van der Waals surface area (Å²) in [5.74, 6) is 2.00. The monoisotopic (exact) mass is 341 g/mol. The third kappa shape index (κ3) is 3.48. The molecule has 0 unspecified atom stereocenters. The predicted molar refractivity (Wildman–Crippen MR) is 96.2 cm³/mol. The SMILES string of the molecule is C[C@@H](NC(c1ccc(F)cc1)c1ccc(F)cc1)[C@@H]1C[C@H]2CC[C@H]1C2. The molecule has 0 heterocycles. The van der Waals surface area contributed by atoms with Gasteiger partial charge in [-0.3, -0.25) is 0 Å². The van der Waals surface area contributed by atoms with Crippen LogP contribution in [0.15, 0.2) is 48.5 Å². The van der Waals surface area contributed by atoms with Gasteiger partial charge in [-0.1, -0.05) is 30.7 Å². The van der Waals surface area contributed by atoms with E-state index in [1.165, 1.54) is 49.9 Å². The zero-order chi connectivity index (χ0) is 17.4. The summed E-state index contributed by atoms with van der Waals surface area (Å²) >= 11 is 0. The lowest BCUT2D eigenvalue weighted by atomic mass is 9.83. The van der Waals surface area contributed by atoms with E-state index in [1.54, 1.807) is 0 Å². The normalized spacial score (nSPS) is 26.3. The van der Waals surface area contributed by atoms with Crippen molar-refractivity contribution in [3.05, 3.63) is 71.3 Å². The molecule has 132 valence electrons. The van der Waals surface area contributed by atoms with Gasteiger partial charge in [0.2, 0.25) is 0 Å². The second-order valence-electron chi connectivity index (χ2n) is 7.83. The summed E-state index contributed by atoms with van der Waals surface area (Å²) in [6.45, 7) is 2.27. The van der Waals surface area contributed by atoms with Crippen LogP contribution in [0.3, 0.4) is 0 Å². The maximum atomic E-state index is 13.3. The Labute approximate surface area is 148 Å². The van der Waals surface area contributed by atoms with Crippen molar-refractivity contribution < 1.29 is 8.78 Å². The molecule has 0 radical (unpaired) electrons. The summed E-state index contributed by atoms with van der Waals surface area (Å²) in [5, 5.41) is 3.77. The van der Waals surface area contributed by atoms with E-state index in [2.05, 4.69) is 12.2 Å². The molecule has 2 bridgehead atoms. The van der Waals surface area contributed by atoms with E-state index >= 15 is 0 Å². The van der Waals surface area contributed by atoms with Crippen LogP contribution >= 0.6 is 0 Å². The molecule has 2 fully saturated rings. The molecule has 0 aromatic heterocycles. The Morgan fingerprint density at radius 1 is 0.840 bits per heavy atom. The highest BCUT2D eigenvalue weighted by Crippen LogP contribution is 2.49. The number of halogens is 2. The van der Waals surface area contributed by atoms with Crippen LogP contribution in [0.1, 0.15) is 49.8 Å². The molecular formula is C22H25F2N. The molecule has 2 saturated carbocycles. The number of benzene rings is 2. The Hall–Kier alpha value is -1.74. The standard InChI is InChI=1S/C22H25F2N/c1-14(21-13-15-2-3-18(21)12-15)25-22(16-4-8-19(23)9-5-16)17-6-10-20(24)11-7-17/h4-11,14-15,18,21-22,25H,2-3,12-13H2,1H3/t14-,15+,18+,21+/m1/s1. The summed E-state index contributed by atoms with van der Waals surface area (Å²) in [6, 6.07) is 13.6. The van der Waals surface area contributed by atoms with Crippen LogP contribution in [0.4, 0.5) is 8.78 Å². The molecule has 2 aliphatic rings. The number of fused-ring (bicyclic) bond motifs is 2. The molecular weight excluding hydrogens is 316 g/mol. The van der Waals surface area contributed by atoms with Crippen LogP contribution in [0.2, 0.25) is 0 Å². The number of hydrogen-bond acceptors (Lipinski definition) is 1. The second kappa shape index (κ2) is 6.87. The molecule has 1 nitrogen and oxygen atoms in total. The summed E-state index contributed by atoms with van der Waals surface area (Å²) in [6.07, 6.45) is 5.46. The predicted octanol–water partition coefficient (Wildman–Crippen LogP) is 5.47. The summed E-state index contributed by atoms with van der Waals surface area (Å²) in [7, 11) is 0. The van der Waals surface area contributed by atoms with Gasteiger partial charge in [0.25, 0.3) is 0 Å². The number of nitrogens with one attached hydrogen (secondary N) is 1. The van der Waals surface area contributed by atoms with Gasteiger partial charge >= 0.3 is 0 Å². The highest BCUT2D eigenvalue weighted by Gasteiger charge is 2.42. The average molecular weight is 341 g/mol. The van der Waals surface area contributed by atoms with Crippen LogP contribution in [0.5, 0.6) is 0 Å². The van der Waals surface area contributed by atoms with Gasteiger partial charge < -0.3 is 5.32 Å². The van der Waals surface area contributed by atoms with Crippen molar-refractivity contribution in [3.63, 3.8) is 0 Å². The van der Waals surface area contributed by atoms with Crippen LogP contribution in [0, 0.1) is 29.4 Å². The fourth-order valence-electron chi connectivity index (χ4n) is 4.99. The molecule has 0 aliphatic heterocycles. The first-order chi connectivity index (χ1) is 12.1. The van der Waals surface area contributed by atoms with Crippen molar-refractivity contribution in [1.82, 2.24) is 5.32 Å². The molecule has 0 spiro atoms. The molecule has 2 aromatic carbocycles. The van der Waals surface area contributed by atoms with Crippen molar-refractivity contribution in [1.29, 1.82) is 0 Å². The van der Waals surface area contributed by atoms with Crippen molar-refractivity contribution in [2.75, 3.05) is 0 Å². The molecule has 2 aromatic rings. The summed E-state index contributed by atoms with van der Waals surface area (Å²) in [5.41, 5.74) is 2.03. The number of hydrogen-bond donors (Lipinski definition) is 1. The minimum atomic E-state index is -0.234.